The summed E-state index contributed by atoms with van der Waals surface area (Å²) in [6.45, 7) is 0.156. The third-order valence-electron chi connectivity index (χ3n) is 13.0. The second-order valence-electron chi connectivity index (χ2n) is 20.7. The van der Waals surface area contributed by atoms with Gasteiger partial charge < -0.3 is 102 Å². The van der Waals surface area contributed by atoms with Crippen LogP contribution in [0.4, 0.5) is 0 Å². The van der Waals surface area contributed by atoms with E-state index < -0.39 is 194 Å². The standard InChI is InChI=1S/C52H74N16O15S2.2C2H4O2/c53-17-5-4-9-31(45(76)60-23-41(57)72)63-51(82)38-10-6-18-68(38)52(83)37-27-85-84-26-36(61-44(75)25-59-43(74)24-58-42(73)22-54)50(81)65-34(20-29-11-13-30(69)14-12-29)48(79)64-33(19-28-7-2-1-3-8-28)47(78)62-32(15-16-39(55)70)46(77)66-35(21-40(56)71)49(80)67-37;2*1-2(3)4/h1-3,7-8,11-14,31-38,69H,4-6,9-10,15-27,53-54H2,(H2,55,70)(H2,56,71)(H2,57,72)(H,58,73)(H,59,74)(H,60,76)(H,61,75)(H,62,78)(H,63,82)(H,64,79)(H,65,81)(H,66,77)(H,67,80);2*1H3,(H,3,4)/t31-,32?,33-,34-,35-,36?,37-,38-;;/m0../s1. The number of hydrogen-bond donors (Lipinski definition) is 18. The van der Waals surface area contributed by atoms with Gasteiger partial charge in [-0.05, 0) is 68.3 Å². The highest BCUT2D eigenvalue weighted by Gasteiger charge is 2.41. The molecule has 2 aromatic rings. The smallest absolute Gasteiger partial charge is 0.300 e. The molecule has 37 heteroatoms. The first-order valence-electron chi connectivity index (χ1n) is 28.9. The van der Waals surface area contributed by atoms with Crippen LogP contribution in [0.2, 0.25) is 0 Å². The fourth-order valence-electron chi connectivity index (χ4n) is 8.62. The van der Waals surface area contributed by atoms with E-state index in [0.717, 1.165) is 40.3 Å². The minimum atomic E-state index is -1.87. The van der Waals surface area contributed by atoms with Crippen LogP contribution in [0.1, 0.15) is 76.3 Å². The van der Waals surface area contributed by atoms with Crippen molar-refractivity contribution in [3.63, 3.8) is 0 Å². The second kappa shape index (κ2) is 42.4. The Morgan fingerprint density at radius 3 is 1.71 bits per heavy atom. The van der Waals surface area contributed by atoms with Gasteiger partial charge in [0.25, 0.3) is 11.9 Å². The number of phenols is 1. The first-order chi connectivity index (χ1) is 43.9. The molecule has 2 heterocycles. The Bertz CT molecular complexity index is 2930. The highest BCUT2D eigenvalue weighted by atomic mass is 33.1. The molecule has 0 radical (unpaired) electrons. The van der Waals surface area contributed by atoms with Gasteiger partial charge in [0.05, 0.1) is 32.6 Å². The van der Waals surface area contributed by atoms with Crippen LogP contribution < -0.4 is 81.8 Å². The molecule has 2 aliphatic heterocycles. The Labute approximate surface area is 541 Å². The van der Waals surface area contributed by atoms with E-state index in [2.05, 4.69) is 53.2 Å². The number of amides is 14. The lowest BCUT2D eigenvalue weighted by Gasteiger charge is -2.31. The van der Waals surface area contributed by atoms with E-state index in [1.807, 2.05) is 0 Å². The van der Waals surface area contributed by atoms with E-state index in [-0.39, 0.29) is 56.7 Å². The average Bonchev–Trinajstić information content (AvgIpc) is 1.82. The van der Waals surface area contributed by atoms with Crippen molar-refractivity contribution >= 4 is 116 Å². The Morgan fingerprint density at radius 2 is 1.14 bits per heavy atom. The molecule has 2 aromatic carbocycles. The zero-order valence-electron chi connectivity index (χ0n) is 51.1. The van der Waals surface area contributed by atoms with Gasteiger partial charge in [-0.1, -0.05) is 64.1 Å². The van der Waals surface area contributed by atoms with Crippen LogP contribution in [-0.2, 0) is 89.6 Å². The van der Waals surface area contributed by atoms with Gasteiger partial charge in [0, 0.05) is 51.2 Å². The highest BCUT2D eigenvalue weighted by Crippen LogP contribution is 2.26. The van der Waals surface area contributed by atoms with Gasteiger partial charge in [0.2, 0.25) is 82.7 Å². The quantitative estimate of drug-likeness (QED) is 0.0324. The second-order valence-corrected chi connectivity index (χ2v) is 23.3. The lowest BCUT2D eigenvalue weighted by Crippen LogP contribution is -2.61. The van der Waals surface area contributed by atoms with E-state index >= 15 is 0 Å². The van der Waals surface area contributed by atoms with Crippen molar-refractivity contribution in [3.8, 4) is 5.75 Å². The van der Waals surface area contributed by atoms with E-state index in [4.69, 9.17) is 48.5 Å². The van der Waals surface area contributed by atoms with Crippen molar-refractivity contribution in [3.05, 3.63) is 65.7 Å². The maximum Gasteiger partial charge on any atom is 0.300 e. The maximum absolute atomic E-state index is 14.8. The third-order valence-corrected chi connectivity index (χ3v) is 15.4. The monoisotopic (exact) mass is 1350 g/mol. The molecule has 0 saturated carbocycles. The van der Waals surface area contributed by atoms with Crippen molar-refractivity contribution in [1.82, 2.24) is 58.1 Å². The lowest BCUT2D eigenvalue weighted by atomic mass is 10.0. The number of phenolic OH excluding ortho intramolecular Hbond substituents is 1. The van der Waals surface area contributed by atoms with Crippen LogP contribution >= 0.6 is 21.6 Å². The fraction of sp³-hybridized carbons (Fsp3) is 0.500. The first kappa shape index (κ1) is 79.5. The number of carbonyl (C=O) groups is 16. The summed E-state index contributed by atoms with van der Waals surface area (Å²) in [6, 6.07) is 1.48. The first-order valence-corrected chi connectivity index (χ1v) is 31.4. The molecule has 0 aliphatic carbocycles. The average molecular weight is 1350 g/mol. The fourth-order valence-corrected chi connectivity index (χ4v) is 10.9. The Balaban J connectivity index is 0.00000347. The topological polar surface area (TPSA) is 587 Å². The van der Waals surface area contributed by atoms with E-state index in [0.29, 0.717) is 24.0 Å². The number of carboxylic acids is 2. The molecule has 0 aromatic heterocycles. The van der Waals surface area contributed by atoms with Crippen LogP contribution in [0.25, 0.3) is 0 Å². The molecule has 0 bridgehead atoms. The number of nitrogens with zero attached hydrogens (tertiary/aromatic N) is 1. The molecule has 0 spiro atoms. The molecule has 4 rings (SSSR count). The van der Waals surface area contributed by atoms with Crippen molar-refractivity contribution in [2.75, 3.05) is 50.8 Å². The largest absolute Gasteiger partial charge is 0.508 e. The van der Waals surface area contributed by atoms with Crippen LogP contribution in [0.3, 0.4) is 0 Å². The van der Waals surface area contributed by atoms with Crippen molar-refractivity contribution in [2.45, 2.75) is 126 Å². The number of nitrogens with one attached hydrogen (secondary N) is 10. The predicted molar refractivity (Wildman–Crippen MR) is 334 cm³/mol. The molecule has 2 aliphatic rings. The molecule has 2 unspecified atom stereocenters. The molecule has 23 N–H and O–H groups in total. The summed E-state index contributed by atoms with van der Waals surface area (Å²) in [7, 11) is 1.73. The van der Waals surface area contributed by atoms with Crippen molar-refractivity contribution < 1.29 is 92.0 Å². The molecular weight excluding hydrogens is 1260 g/mol. The highest BCUT2D eigenvalue weighted by molar-refractivity contribution is 8.76. The zero-order chi connectivity index (χ0) is 69.7. The molecule has 35 nitrogen and oxygen atoms in total. The van der Waals surface area contributed by atoms with Crippen LogP contribution in [0.15, 0.2) is 54.6 Å². The van der Waals surface area contributed by atoms with Gasteiger partial charge in [-0.3, -0.25) is 76.7 Å². The number of carboxylic acid groups (broad SMARTS) is 2. The van der Waals surface area contributed by atoms with Crippen LogP contribution in [0.5, 0.6) is 5.75 Å². The third kappa shape index (κ3) is 32.3. The number of carbonyl (C=O) groups excluding carboxylic acids is 14. The Morgan fingerprint density at radius 1 is 0.613 bits per heavy atom. The number of nitrogens with two attached hydrogens (primary N) is 5. The number of rotatable bonds is 25. The number of aliphatic carboxylic acids is 2. The van der Waals surface area contributed by atoms with Gasteiger partial charge in [-0.25, -0.2) is 0 Å². The number of primary amides is 3. The van der Waals surface area contributed by atoms with Crippen molar-refractivity contribution in [1.29, 1.82) is 0 Å². The molecule has 2 saturated heterocycles. The SMILES string of the molecule is CC(=O)O.CC(=O)O.NCCCC[C@H](NC(=O)[C@@H]1CCCN1C(=O)[C@@H]1CSSCC(NC(=O)CNC(=O)CNC(=O)CN)C(=O)N[C@@H](Cc2ccc(O)cc2)C(=O)N[C@@H](Cc2ccccc2)C(=O)NC(CCC(N)=O)C(=O)N[C@@H](CC(N)=O)C(=O)N1)C(=O)NCC(N)=O. The molecule has 93 heavy (non-hydrogen) atoms. The maximum atomic E-state index is 14.8. The Kier molecular flexibility index (Phi) is 36.3. The molecule has 512 valence electrons. The van der Waals surface area contributed by atoms with Crippen LogP contribution in [0, 0.1) is 0 Å². The lowest BCUT2D eigenvalue weighted by molar-refractivity contribution is -0.142. The Hall–Kier alpha value is -9.62. The minimum Gasteiger partial charge on any atom is -0.508 e. The molecule has 14 amide bonds. The molecule has 8 atom stereocenters. The summed E-state index contributed by atoms with van der Waals surface area (Å²) in [5.74, 6) is -15.5. The van der Waals surface area contributed by atoms with Gasteiger partial charge in [-0.15, -0.1) is 0 Å². The summed E-state index contributed by atoms with van der Waals surface area (Å²) in [5, 5.41) is 49.6. The number of aromatic hydroxyl groups is 1. The van der Waals surface area contributed by atoms with Crippen LogP contribution in [-0.4, -0.2) is 214 Å². The number of likely N-dealkylation sites (tertiary alicyclic amines) is 1. The molecule has 2 fully saturated rings. The number of hydrogen-bond acceptors (Lipinski definition) is 21. The summed E-state index contributed by atoms with van der Waals surface area (Å²) in [6.07, 6.45) is -1.13. The normalized spacial score (nSPS) is 19.9. The number of unbranched alkanes of at least 4 members (excludes halogenated alkanes) is 1. The van der Waals surface area contributed by atoms with Gasteiger partial charge in [0.1, 0.15) is 54.1 Å². The number of benzene rings is 2. The summed E-state index contributed by atoms with van der Waals surface area (Å²) in [4.78, 5) is 208. The van der Waals surface area contributed by atoms with Crippen molar-refractivity contribution in [2.24, 2.45) is 28.7 Å². The van der Waals surface area contributed by atoms with E-state index in [1.165, 1.54) is 24.3 Å². The molecular formula is C56H82N16O19S2. The van der Waals surface area contributed by atoms with E-state index in [1.54, 1.807) is 30.3 Å². The van der Waals surface area contributed by atoms with Gasteiger partial charge >= 0.3 is 0 Å². The van der Waals surface area contributed by atoms with Gasteiger partial charge in [0.15, 0.2) is 0 Å². The predicted octanol–water partition coefficient (Wildman–Crippen LogP) is -6.80. The summed E-state index contributed by atoms with van der Waals surface area (Å²) in [5.41, 5.74) is 28.1. The summed E-state index contributed by atoms with van der Waals surface area (Å²) >= 11 is 0. The minimum absolute atomic E-state index is 0.0517. The summed E-state index contributed by atoms with van der Waals surface area (Å²) < 4.78 is 0. The van der Waals surface area contributed by atoms with E-state index in [9.17, 15) is 72.2 Å². The zero-order valence-corrected chi connectivity index (χ0v) is 52.7. The van der Waals surface area contributed by atoms with Gasteiger partial charge in [-0.2, -0.15) is 0 Å².